The predicted octanol–water partition coefficient (Wildman–Crippen LogP) is 2.08. The Bertz CT molecular complexity index is 712. The minimum Gasteiger partial charge on any atom is -0.383 e. The van der Waals surface area contributed by atoms with Crippen molar-refractivity contribution in [2.45, 2.75) is 18.7 Å². The lowest BCUT2D eigenvalue weighted by Gasteiger charge is -2.09. The maximum absolute atomic E-state index is 12.2. The average molecular weight is 277 g/mol. The molecular weight excluding hydrogens is 262 g/mol. The van der Waals surface area contributed by atoms with Crippen LogP contribution in [0.1, 0.15) is 11.1 Å². The molecule has 100 valence electrons. The van der Waals surface area contributed by atoms with Crippen LogP contribution in [0.3, 0.4) is 0 Å². The fourth-order valence-electron chi connectivity index (χ4n) is 1.63. The van der Waals surface area contributed by atoms with Gasteiger partial charge in [0, 0.05) is 11.9 Å². The van der Waals surface area contributed by atoms with Crippen molar-refractivity contribution in [3.8, 4) is 0 Å². The van der Waals surface area contributed by atoms with Gasteiger partial charge < -0.3 is 5.73 Å². The van der Waals surface area contributed by atoms with Crippen LogP contribution in [-0.2, 0) is 10.0 Å². The van der Waals surface area contributed by atoms with E-state index < -0.39 is 10.0 Å². The molecule has 6 heteroatoms. The van der Waals surface area contributed by atoms with Gasteiger partial charge in [0.2, 0.25) is 0 Å². The highest BCUT2D eigenvalue weighted by Crippen LogP contribution is 2.18. The number of nitrogens with two attached hydrogens (primary N) is 1. The standard InChI is InChI=1S/C13H15N3O2S/c1-9-4-3-5-11(6-9)16-19(17,18)12-7-10(2)13(14)15-8-12/h3-8,16H,1-2H3,(H2,14,15). The van der Waals surface area contributed by atoms with Crippen LogP contribution in [0.4, 0.5) is 11.5 Å². The third kappa shape index (κ3) is 3.03. The molecule has 2 rings (SSSR count). The number of sulfonamides is 1. The Morgan fingerprint density at radius 2 is 1.95 bits per heavy atom. The quantitative estimate of drug-likeness (QED) is 0.899. The molecule has 0 aliphatic heterocycles. The van der Waals surface area contributed by atoms with E-state index in [4.69, 9.17) is 5.73 Å². The molecule has 0 fully saturated rings. The average Bonchev–Trinajstić information content (AvgIpc) is 2.32. The summed E-state index contributed by atoms with van der Waals surface area (Å²) in [7, 11) is -3.64. The number of pyridine rings is 1. The van der Waals surface area contributed by atoms with Gasteiger partial charge in [0.25, 0.3) is 10.0 Å². The van der Waals surface area contributed by atoms with Gasteiger partial charge in [-0.2, -0.15) is 0 Å². The van der Waals surface area contributed by atoms with Crippen LogP contribution in [0.25, 0.3) is 0 Å². The van der Waals surface area contributed by atoms with Gasteiger partial charge in [-0.25, -0.2) is 13.4 Å². The topological polar surface area (TPSA) is 85.1 Å². The van der Waals surface area contributed by atoms with E-state index in [0.717, 1.165) is 5.56 Å². The summed E-state index contributed by atoms with van der Waals surface area (Å²) in [5, 5.41) is 0. The number of aromatic nitrogens is 1. The summed E-state index contributed by atoms with van der Waals surface area (Å²) in [4.78, 5) is 3.96. The van der Waals surface area contributed by atoms with Gasteiger partial charge in [0.05, 0.1) is 0 Å². The highest BCUT2D eigenvalue weighted by atomic mass is 32.2. The molecule has 1 aromatic heterocycles. The summed E-state index contributed by atoms with van der Waals surface area (Å²) in [6, 6.07) is 8.64. The predicted molar refractivity (Wildman–Crippen MR) is 75.4 cm³/mol. The van der Waals surface area contributed by atoms with Crippen LogP contribution in [0.15, 0.2) is 41.4 Å². The lowest BCUT2D eigenvalue weighted by molar-refractivity contribution is 0.601. The molecule has 0 aliphatic carbocycles. The Hall–Kier alpha value is -2.08. The molecule has 0 atom stereocenters. The third-order valence-corrected chi connectivity index (χ3v) is 4.02. The van der Waals surface area contributed by atoms with Crippen molar-refractivity contribution in [3.05, 3.63) is 47.7 Å². The monoisotopic (exact) mass is 277 g/mol. The zero-order valence-electron chi connectivity index (χ0n) is 10.7. The van der Waals surface area contributed by atoms with Crippen LogP contribution >= 0.6 is 0 Å². The maximum atomic E-state index is 12.2. The fourth-order valence-corrected chi connectivity index (χ4v) is 2.71. The normalized spacial score (nSPS) is 11.3. The van der Waals surface area contributed by atoms with Gasteiger partial charge in [0.15, 0.2) is 0 Å². The largest absolute Gasteiger partial charge is 0.383 e. The molecule has 0 bridgehead atoms. The zero-order chi connectivity index (χ0) is 14.0. The lowest BCUT2D eigenvalue weighted by Crippen LogP contribution is -2.14. The Balaban J connectivity index is 2.35. The van der Waals surface area contributed by atoms with E-state index in [2.05, 4.69) is 9.71 Å². The minimum absolute atomic E-state index is 0.0979. The summed E-state index contributed by atoms with van der Waals surface area (Å²) in [5.41, 5.74) is 7.71. The first-order valence-corrected chi connectivity index (χ1v) is 7.18. The van der Waals surface area contributed by atoms with Crippen molar-refractivity contribution in [1.82, 2.24) is 4.98 Å². The van der Waals surface area contributed by atoms with E-state index in [1.54, 1.807) is 25.1 Å². The van der Waals surface area contributed by atoms with Crippen molar-refractivity contribution >= 4 is 21.5 Å². The highest BCUT2D eigenvalue weighted by Gasteiger charge is 2.15. The number of aryl methyl sites for hydroxylation is 2. The molecule has 0 aliphatic rings. The molecule has 2 aromatic rings. The molecule has 0 saturated carbocycles. The van der Waals surface area contributed by atoms with Gasteiger partial charge >= 0.3 is 0 Å². The van der Waals surface area contributed by atoms with E-state index in [9.17, 15) is 8.42 Å². The van der Waals surface area contributed by atoms with Crippen LogP contribution in [0.2, 0.25) is 0 Å². The molecule has 1 aromatic carbocycles. The summed E-state index contributed by atoms with van der Waals surface area (Å²) < 4.78 is 26.9. The van der Waals surface area contributed by atoms with Gasteiger partial charge in [-0.15, -0.1) is 0 Å². The number of hydrogen-bond acceptors (Lipinski definition) is 4. The second kappa shape index (κ2) is 4.89. The van der Waals surface area contributed by atoms with Crippen LogP contribution in [0, 0.1) is 13.8 Å². The molecular formula is C13H15N3O2S. The van der Waals surface area contributed by atoms with E-state index in [0.29, 0.717) is 17.1 Å². The molecule has 0 saturated heterocycles. The van der Waals surface area contributed by atoms with E-state index >= 15 is 0 Å². The lowest BCUT2D eigenvalue weighted by atomic mass is 10.2. The van der Waals surface area contributed by atoms with Gasteiger partial charge in [-0.05, 0) is 43.2 Å². The zero-order valence-corrected chi connectivity index (χ0v) is 11.5. The summed E-state index contributed by atoms with van der Waals surface area (Å²) in [6.07, 6.45) is 1.25. The number of benzene rings is 1. The van der Waals surface area contributed by atoms with Crippen molar-refractivity contribution in [3.63, 3.8) is 0 Å². The van der Waals surface area contributed by atoms with Crippen molar-refractivity contribution in [2.24, 2.45) is 0 Å². The minimum atomic E-state index is -3.64. The smallest absolute Gasteiger partial charge is 0.263 e. The van der Waals surface area contributed by atoms with Crippen molar-refractivity contribution in [1.29, 1.82) is 0 Å². The molecule has 0 unspecified atom stereocenters. The van der Waals surface area contributed by atoms with Crippen molar-refractivity contribution < 1.29 is 8.42 Å². The number of nitrogen functional groups attached to an aromatic ring is 1. The van der Waals surface area contributed by atoms with Crippen molar-refractivity contribution in [2.75, 3.05) is 10.5 Å². The molecule has 1 heterocycles. The second-order valence-corrected chi connectivity index (χ2v) is 6.03. The molecule has 0 spiro atoms. The highest BCUT2D eigenvalue weighted by molar-refractivity contribution is 7.92. The van der Waals surface area contributed by atoms with Gasteiger partial charge in [0.1, 0.15) is 10.7 Å². The molecule has 5 nitrogen and oxygen atoms in total. The van der Waals surface area contributed by atoms with E-state index in [1.165, 1.54) is 12.3 Å². The second-order valence-electron chi connectivity index (χ2n) is 4.35. The van der Waals surface area contributed by atoms with Gasteiger partial charge in [-0.3, -0.25) is 4.72 Å². The molecule has 0 radical (unpaired) electrons. The SMILES string of the molecule is Cc1cccc(NS(=O)(=O)c2cnc(N)c(C)c2)c1. The van der Waals surface area contributed by atoms with Crippen LogP contribution < -0.4 is 10.5 Å². The summed E-state index contributed by atoms with van der Waals surface area (Å²) >= 11 is 0. The fraction of sp³-hybridized carbons (Fsp3) is 0.154. The third-order valence-electron chi connectivity index (χ3n) is 2.67. The first-order valence-electron chi connectivity index (χ1n) is 5.70. The van der Waals surface area contributed by atoms with Gasteiger partial charge in [-0.1, -0.05) is 12.1 Å². The Morgan fingerprint density at radius 3 is 2.58 bits per heavy atom. The van der Waals surface area contributed by atoms with Crippen LogP contribution in [0.5, 0.6) is 0 Å². The summed E-state index contributed by atoms with van der Waals surface area (Å²) in [6.45, 7) is 3.61. The number of hydrogen-bond donors (Lipinski definition) is 2. The van der Waals surface area contributed by atoms with Crippen LogP contribution in [-0.4, -0.2) is 13.4 Å². The molecule has 19 heavy (non-hydrogen) atoms. The Labute approximate surface area is 112 Å². The number of nitrogens with one attached hydrogen (secondary N) is 1. The number of rotatable bonds is 3. The molecule has 0 amide bonds. The number of nitrogens with zero attached hydrogens (tertiary/aromatic N) is 1. The first-order chi connectivity index (χ1) is 8.88. The number of anilines is 2. The summed E-state index contributed by atoms with van der Waals surface area (Å²) in [5.74, 6) is 0.328. The first kappa shape index (κ1) is 13.4. The molecule has 3 N–H and O–H groups in total. The Morgan fingerprint density at radius 1 is 1.21 bits per heavy atom. The van der Waals surface area contributed by atoms with E-state index in [-0.39, 0.29) is 4.90 Å². The maximum Gasteiger partial charge on any atom is 0.263 e. The Kier molecular flexibility index (Phi) is 3.44. The van der Waals surface area contributed by atoms with E-state index in [1.807, 2.05) is 13.0 Å².